The molecule has 0 unspecified atom stereocenters. The molecule has 0 aromatic heterocycles. The van der Waals surface area contributed by atoms with Gasteiger partial charge in [0.15, 0.2) is 0 Å². The van der Waals surface area contributed by atoms with Crippen molar-refractivity contribution in [3.63, 3.8) is 0 Å². The van der Waals surface area contributed by atoms with Crippen molar-refractivity contribution in [3.05, 3.63) is 54.1 Å². The molecule has 1 N–H and O–H groups in total. The highest BCUT2D eigenvalue weighted by atomic mass is 32.2. The molecule has 0 saturated heterocycles. The van der Waals surface area contributed by atoms with Crippen molar-refractivity contribution in [2.75, 3.05) is 24.6 Å². The van der Waals surface area contributed by atoms with Gasteiger partial charge in [0.2, 0.25) is 10.0 Å². The fourth-order valence-electron chi connectivity index (χ4n) is 2.98. The highest BCUT2D eigenvalue weighted by molar-refractivity contribution is 7.89. The van der Waals surface area contributed by atoms with Crippen LogP contribution in [0.1, 0.15) is 36.5 Å². The number of amides is 1. The molecule has 1 fully saturated rings. The number of nitrogens with one attached hydrogen (secondary N) is 1. The Labute approximate surface area is 177 Å². The number of ether oxygens (including phenoxy) is 1. The van der Waals surface area contributed by atoms with E-state index in [2.05, 4.69) is 10.8 Å². The Hall–Kier alpha value is -2.89. The van der Waals surface area contributed by atoms with Crippen LogP contribution in [0.15, 0.2) is 53.4 Å². The number of benzene rings is 2. The Kier molecular flexibility index (Phi) is 7.08. The van der Waals surface area contributed by atoms with Crippen LogP contribution in [-0.2, 0) is 10.0 Å². The molecule has 7 nitrogen and oxygen atoms in total. The van der Waals surface area contributed by atoms with E-state index in [-0.39, 0.29) is 29.3 Å². The fraction of sp³-hybridized carbons (Fsp3) is 0.364. The number of sulfonamides is 1. The lowest BCUT2D eigenvalue weighted by molar-refractivity contribution is 0.0987. The second-order valence-electron chi connectivity index (χ2n) is 7.11. The van der Waals surface area contributed by atoms with Gasteiger partial charge in [0.25, 0.3) is 5.91 Å². The van der Waals surface area contributed by atoms with E-state index in [1.54, 1.807) is 36.4 Å². The summed E-state index contributed by atoms with van der Waals surface area (Å²) >= 11 is 0. The second kappa shape index (κ2) is 9.74. The van der Waals surface area contributed by atoms with Crippen LogP contribution in [0, 0.1) is 17.2 Å². The molecule has 1 amide bonds. The van der Waals surface area contributed by atoms with Crippen LogP contribution >= 0.6 is 0 Å². The Morgan fingerprint density at radius 1 is 1.23 bits per heavy atom. The van der Waals surface area contributed by atoms with Gasteiger partial charge in [0.1, 0.15) is 5.75 Å². The summed E-state index contributed by atoms with van der Waals surface area (Å²) in [5.74, 6) is 0.725. The lowest BCUT2D eigenvalue weighted by atomic mass is 10.1. The molecule has 3 rings (SSSR count). The summed E-state index contributed by atoms with van der Waals surface area (Å²) in [7, 11) is -3.68. The van der Waals surface area contributed by atoms with Crippen LogP contribution in [0.4, 0.5) is 5.69 Å². The van der Waals surface area contributed by atoms with Crippen molar-refractivity contribution in [1.82, 2.24) is 4.72 Å². The number of hydrogen-bond acceptors (Lipinski definition) is 5. The van der Waals surface area contributed by atoms with E-state index in [0.29, 0.717) is 30.5 Å². The molecule has 0 radical (unpaired) electrons. The van der Waals surface area contributed by atoms with Gasteiger partial charge in [-0.25, -0.2) is 13.1 Å². The standard InChI is InChI=1S/C22H25N3O4S/c1-2-29-20-11-9-19(10-12-20)25(14-4-13-23)22(26)18-5-3-6-21(15-18)30(27,28)24-16-17-7-8-17/h3,5-6,9-12,15,17,24H,2,4,7-8,14,16H2,1H3. The summed E-state index contributed by atoms with van der Waals surface area (Å²) in [6, 6.07) is 15.1. The Balaban J connectivity index is 1.84. The maximum Gasteiger partial charge on any atom is 0.258 e. The molecule has 0 heterocycles. The van der Waals surface area contributed by atoms with Crippen molar-refractivity contribution in [2.24, 2.45) is 5.92 Å². The first-order valence-corrected chi connectivity index (χ1v) is 11.4. The molecule has 30 heavy (non-hydrogen) atoms. The molecular formula is C22H25N3O4S. The molecule has 1 aliphatic rings. The summed E-state index contributed by atoms with van der Waals surface area (Å²) in [5, 5.41) is 8.99. The Morgan fingerprint density at radius 2 is 1.97 bits per heavy atom. The minimum atomic E-state index is -3.68. The van der Waals surface area contributed by atoms with Crippen molar-refractivity contribution in [3.8, 4) is 11.8 Å². The van der Waals surface area contributed by atoms with Crippen molar-refractivity contribution >= 4 is 21.6 Å². The Morgan fingerprint density at radius 3 is 2.60 bits per heavy atom. The smallest absolute Gasteiger partial charge is 0.258 e. The van der Waals surface area contributed by atoms with Gasteiger partial charge in [-0.05, 0) is 68.1 Å². The van der Waals surface area contributed by atoms with Gasteiger partial charge in [0.05, 0.1) is 24.0 Å². The molecule has 0 spiro atoms. The Bertz CT molecular complexity index is 1030. The van der Waals surface area contributed by atoms with Gasteiger partial charge in [-0.1, -0.05) is 6.07 Å². The monoisotopic (exact) mass is 427 g/mol. The second-order valence-corrected chi connectivity index (χ2v) is 8.88. The summed E-state index contributed by atoms with van der Waals surface area (Å²) in [5.41, 5.74) is 0.856. The molecular weight excluding hydrogens is 402 g/mol. The van der Waals surface area contributed by atoms with Crippen molar-refractivity contribution in [1.29, 1.82) is 5.26 Å². The number of anilines is 1. The predicted octanol–water partition coefficient (Wildman–Crippen LogP) is 3.33. The van der Waals surface area contributed by atoms with E-state index in [1.165, 1.54) is 17.0 Å². The first-order chi connectivity index (χ1) is 14.4. The number of carbonyl (C=O) groups is 1. The zero-order chi connectivity index (χ0) is 21.6. The number of nitriles is 1. The average molecular weight is 428 g/mol. The highest BCUT2D eigenvalue weighted by Crippen LogP contribution is 2.28. The first-order valence-electron chi connectivity index (χ1n) is 9.96. The first kappa shape index (κ1) is 21.8. The van der Waals surface area contributed by atoms with Crippen LogP contribution in [0.3, 0.4) is 0 Å². The maximum absolute atomic E-state index is 13.2. The molecule has 2 aromatic rings. The van der Waals surface area contributed by atoms with Crippen LogP contribution in [0.2, 0.25) is 0 Å². The van der Waals surface area contributed by atoms with Crippen LogP contribution in [0.25, 0.3) is 0 Å². The molecule has 1 aliphatic carbocycles. The summed E-state index contributed by atoms with van der Waals surface area (Å²) in [4.78, 5) is 14.7. The van der Waals surface area contributed by atoms with E-state index >= 15 is 0 Å². The van der Waals surface area contributed by atoms with E-state index in [0.717, 1.165) is 12.8 Å². The summed E-state index contributed by atoms with van der Waals surface area (Å²) in [6.07, 6.45) is 2.23. The van der Waals surface area contributed by atoms with E-state index in [1.807, 2.05) is 6.92 Å². The van der Waals surface area contributed by atoms with E-state index in [4.69, 9.17) is 10.00 Å². The maximum atomic E-state index is 13.2. The lowest BCUT2D eigenvalue weighted by Gasteiger charge is -2.22. The molecule has 8 heteroatoms. The molecule has 0 atom stereocenters. The zero-order valence-corrected chi connectivity index (χ0v) is 17.7. The fourth-order valence-corrected chi connectivity index (χ4v) is 4.15. The van der Waals surface area contributed by atoms with Crippen LogP contribution in [0.5, 0.6) is 5.75 Å². The van der Waals surface area contributed by atoms with Gasteiger partial charge in [-0.15, -0.1) is 0 Å². The van der Waals surface area contributed by atoms with E-state index in [9.17, 15) is 13.2 Å². The van der Waals surface area contributed by atoms with Gasteiger partial charge in [-0.2, -0.15) is 5.26 Å². The van der Waals surface area contributed by atoms with Crippen molar-refractivity contribution in [2.45, 2.75) is 31.1 Å². The summed E-state index contributed by atoms with van der Waals surface area (Å²) in [6.45, 7) is 3.03. The van der Waals surface area contributed by atoms with E-state index < -0.39 is 10.0 Å². The third-order valence-electron chi connectivity index (χ3n) is 4.80. The largest absolute Gasteiger partial charge is 0.494 e. The van der Waals surface area contributed by atoms with Crippen LogP contribution < -0.4 is 14.4 Å². The highest BCUT2D eigenvalue weighted by Gasteiger charge is 2.25. The minimum absolute atomic E-state index is 0.0564. The number of carbonyl (C=O) groups excluding carboxylic acids is 1. The van der Waals surface area contributed by atoms with Gasteiger partial charge >= 0.3 is 0 Å². The third kappa shape index (κ3) is 5.59. The molecule has 0 aliphatic heterocycles. The number of rotatable bonds is 10. The van der Waals surface area contributed by atoms with Gasteiger partial charge < -0.3 is 9.64 Å². The predicted molar refractivity (Wildman–Crippen MR) is 114 cm³/mol. The quantitative estimate of drug-likeness (QED) is 0.627. The SMILES string of the molecule is CCOc1ccc(N(CCC#N)C(=O)c2cccc(S(=O)(=O)NCC3CC3)c2)cc1. The van der Waals surface area contributed by atoms with Gasteiger partial charge in [0, 0.05) is 24.3 Å². The zero-order valence-electron chi connectivity index (χ0n) is 16.9. The van der Waals surface area contributed by atoms with Crippen LogP contribution in [-0.4, -0.2) is 34.0 Å². The number of hydrogen-bond donors (Lipinski definition) is 1. The molecule has 158 valence electrons. The number of nitrogens with zero attached hydrogens (tertiary/aromatic N) is 2. The van der Waals surface area contributed by atoms with Crippen molar-refractivity contribution < 1.29 is 17.9 Å². The third-order valence-corrected chi connectivity index (χ3v) is 6.22. The average Bonchev–Trinajstić information content (AvgIpc) is 3.58. The minimum Gasteiger partial charge on any atom is -0.494 e. The van der Waals surface area contributed by atoms with Gasteiger partial charge in [-0.3, -0.25) is 4.79 Å². The lowest BCUT2D eigenvalue weighted by Crippen LogP contribution is -2.32. The topological polar surface area (TPSA) is 99.5 Å². The molecule has 2 aromatic carbocycles. The molecule has 1 saturated carbocycles. The normalized spacial score (nSPS) is 13.5. The molecule has 0 bridgehead atoms. The summed E-state index contributed by atoms with van der Waals surface area (Å²) < 4.78 is 33.2.